The van der Waals surface area contributed by atoms with Gasteiger partial charge in [-0.3, -0.25) is 4.57 Å². The van der Waals surface area contributed by atoms with Crippen molar-refractivity contribution in [1.29, 1.82) is 0 Å². The molecule has 0 aliphatic heterocycles. The number of allylic oxidation sites excluding steroid dienone is 5. The van der Waals surface area contributed by atoms with Crippen LogP contribution in [0.1, 0.15) is 42.3 Å². The second kappa shape index (κ2) is 10.4. The van der Waals surface area contributed by atoms with Gasteiger partial charge in [-0.05, 0) is 94.1 Å². The van der Waals surface area contributed by atoms with Gasteiger partial charge in [0, 0.05) is 11.3 Å². The molecule has 1 heterocycles. The summed E-state index contributed by atoms with van der Waals surface area (Å²) in [6.07, 6.45) is 14.4. The highest BCUT2D eigenvalue weighted by atomic mass is 15.1. The van der Waals surface area contributed by atoms with Crippen LogP contribution >= 0.6 is 0 Å². The summed E-state index contributed by atoms with van der Waals surface area (Å²) in [6.45, 7) is 4.48. The zero-order chi connectivity index (χ0) is 28.9. The van der Waals surface area contributed by atoms with Crippen molar-refractivity contribution in [3.8, 4) is 28.2 Å². The van der Waals surface area contributed by atoms with Crippen LogP contribution < -0.4 is 0 Å². The molecular weight excluding hydrogens is 520 g/mol. The molecule has 0 saturated carbocycles. The average Bonchev–Trinajstić information content (AvgIpc) is 3.43. The van der Waals surface area contributed by atoms with E-state index in [0.717, 1.165) is 42.0 Å². The van der Waals surface area contributed by atoms with E-state index < -0.39 is 0 Å². The van der Waals surface area contributed by atoms with Crippen molar-refractivity contribution >= 4 is 33.2 Å². The lowest BCUT2D eigenvalue weighted by molar-refractivity contribution is 0.688. The molecule has 0 bridgehead atoms. The maximum atomic E-state index is 5.12. The number of hydrogen-bond donors (Lipinski definition) is 0. The number of aryl methyl sites for hydroxylation is 1. The van der Waals surface area contributed by atoms with Crippen LogP contribution in [0.15, 0.2) is 121 Å². The highest BCUT2D eigenvalue weighted by Crippen LogP contribution is 2.44. The fourth-order valence-corrected chi connectivity index (χ4v) is 7.03. The standard InChI is InChI=1S/C41H34N2/c1-27-17-23-35-36(25-27)40(34-16-10-9-15-33(34)39(35)29-11-5-3-6-12-29)30-19-21-32(22-20-30)43-38-26-28(2)18-24-37(38)42-41(43)31-13-7-4-8-14-31/h3-5,7-11,13-25,28H,6,12,26H2,1-2H3. The Balaban J connectivity index is 1.34. The summed E-state index contributed by atoms with van der Waals surface area (Å²) in [4.78, 5) is 5.12. The zero-order valence-electron chi connectivity index (χ0n) is 24.7. The van der Waals surface area contributed by atoms with E-state index in [1.165, 1.54) is 55.1 Å². The van der Waals surface area contributed by atoms with Crippen LogP contribution in [0.3, 0.4) is 0 Å². The summed E-state index contributed by atoms with van der Waals surface area (Å²) in [5.41, 5.74) is 11.3. The third-order valence-corrected chi connectivity index (χ3v) is 9.06. The van der Waals surface area contributed by atoms with Crippen LogP contribution in [-0.2, 0) is 6.42 Å². The van der Waals surface area contributed by atoms with Gasteiger partial charge in [-0.2, -0.15) is 0 Å². The van der Waals surface area contributed by atoms with E-state index >= 15 is 0 Å². The Morgan fingerprint density at radius 3 is 2.26 bits per heavy atom. The lowest BCUT2D eigenvalue weighted by Crippen LogP contribution is -2.09. The highest BCUT2D eigenvalue weighted by molar-refractivity contribution is 6.19. The largest absolute Gasteiger partial charge is 0.296 e. The van der Waals surface area contributed by atoms with Gasteiger partial charge in [0.15, 0.2) is 0 Å². The predicted molar refractivity (Wildman–Crippen MR) is 182 cm³/mol. The van der Waals surface area contributed by atoms with Gasteiger partial charge in [0.1, 0.15) is 5.82 Å². The molecule has 1 unspecified atom stereocenters. The predicted octanol–water partition coefficient (Wildman–Crippen LogP) is 10.8. The van der Waals surface area contributed by atoms with Gasteiger partial charge in [-0.1, -0.05) is 122 Å². The van der Waals surface area contributed by atoms with Gasteiger partial charge >= 0.3 is 0 Å². The Bertz CT molecular complexity index is 2100. The molecule has 208 valence electrons. The lowest BCUT2D eigenvalue weighted by atomic mass is 9.83. The monoisotopic (exact) mass is 554 g/mol. The van der Waals surface area contributed by atoms with Gasteiger partial charge in [0.2, 0.25) is 0 Å². The number of benzene rings is 5. The highest BCUT2D eigenvalue weighted by Gasteiger charge is 2.23. The van der Waals surface area contributed by atoms with Crippen molar-refractivity contribution in [3.63, 3.8) is 0 Å². The number of imidazole rings is 1. The molecule has 0 amide bonds. The molecule has 8 rings (SSSR count). The van der Waals surface area contributed by atoms with E-state index in [2.05, 4.69) is 146 Å². The molecule has 2 nitrogen and oxygen atoms in total. The normalized spacial score (nSPS) is 16.0. The molecule has 1 aromatic heterocycles. The van der Waals surface area contributed by atoms with Gasteiger partial charge < -0.3 is 0 Å². The third-order valence-electron chi connectivity index (χ3n) is 9.06. The van der Waals surface area contributed by atoms with E-state index in [1.807, 2.05) is 0 Å². The Labute approximate surface area is 253 Å². The number of fused-ring (bicyclic) bond motifs is 3. The minimum atomic E-state index is 0.486. The molecule has 1 atom stereocenters. The van der Waals surface area contributed by atoms with Crippen molar-refractivity contribution in [2.45, 2.75) is 33.1 Å². The van der Waals surface area contributed by atoms with E-state index in [9.17, 15) is 0 Å². The number of aromatic nitrogens is 2. The first-order valence-electron chi connectivity index (χ1n) is 15.4. The Morgan fingerprint density at radius 2 is 1.49 bits per heavy atom. The van der Waals surface area contributed by atoms with E-state index in [1.54, 1.807) is 0 Å². The molecule has 2 aliphatic carbocycles. The maximum absolute atomic E-state index is 5.12. The SMILES string of the molecule is Cc1ccc2c(C3=CC=CCC3)c3ccccc3c(-c3ccc(-n4c(-c5ccccc5)nc5c4CC(C)C=C5)cc3)c2c1. The van der Waals surface area contributed by atoms with Gasteiger partial charge in [0.05, 0.1) is 11.4 Å². The smallest absolute Gasteiger partial charge is 0.145 e. The number of rotatable bonds is 4. The first-order valence-corrected chi connectivity index (χ1v) is 15.4. The van der Waals surface area contributed by atoms with Crippen LogP contribution in [0.4, 0.5) is 0 Å². The average molecular weight is 555 g/mol. The molecule has 6 aromatic rings. The van der Waals surface area contributed by atoms with E-state index in [4.69, 9.17) is 4.98 Å². The first kappa shape index (κ1) is 25.7. The van der Waals surface area contributed by atoms with Crippen molar-refractivity contribution in [2.75, 3.05) is 0 Å². The number of hydrogen-bond acceptors (Lipinski definition) is 1. The molecule has 2 heteroatoms. The minimum Gasteiger partial charge on any atom is -0.296 e. The van der Waals surface area contributed by atoms with Crippen molar-refractivity contribution < 1.29 is 0 Å². The Morgan fingerprint density at radius 1 is 0.744 bits per heavy atom. The van der Waals surface area contributed by atoms with Gasteiger partial charge in [-0.25, -0.2) is 4.98 Å². The summed E-state index contributed by atoms with van der Waals surface area (Å²) >= 11 is 0. The second-order valence-corrected chi connectivity index (χ2v) is 12.1. The Kier molecular flexibility index (Phi) is 6.22. The second-order valence-electron chi connectivity index (χ2n) is 12.1. The molecule has 2 aliphatic rings. The third kappa shape index (κ3) is 4.37. The molecule has 0 spiro atoms. The molecule has 0 saturated heterocycles. The van der Waals surface area contributed by atoms with Crippen molar-refractivity contribution in [2.24, 2.45) is 5.92 Å². The molecule has 5 aromatic carbocycles. The maximum Gasteiger partial charge on any atom is 0.145 e. The Hall–Kier alpha value is -4.95. The van der Waals surface area contributed by atoms with Crippen LogP contribution in [0.5, 0.6) is 0 Å². The van der Waals surface area contributed by atoms with Gasteiger partial charge in [-0.15, -0.1) is 0 Å². The van der Waals surface area contributed by atoms with Crippen LogP contribution in [0.2, 0.25) is 0 Å². The summed E-state index contributed by atoms with van der Waals surface area (Å²) in [5.74, 6) is 1.49. The molecule has 0 radical (unpaired) electrons. The molecule has 0 fully saturated rings. The van der Waals surface area contributed by atoms with Crippen LogP contribution in [-0.4, -0.2) is 9.55 Å². The topological polar surface area (TPSA) is 17.8 Å². The summed E-state index contributed by atoms with van der Waals surface area (Å²) in [6, 6.07) is 35.7. The summed E-state index contributed by atoms with van der Waals surface area (Å²) in [5, 5.41) is 5.29. The van der Waals surface area contributed by atoms with Gasteiger partial charge in [0.25, 0.3) is 0 Å². The summed E-state index contributed by atoms with van der Waals surface area (Å²) in [7, 11) is 0. The first-order chi connectivity index (χ1) is 21.2. The molecule has 0 N–H and O–H groups in total. The fraction of sp³-hybridized carbons (Fsp3) is 0.146. The van der Waals surface area contributed by atoms with Crippen LogP contribution in [0, 0.1) is 12.8 Å². The zero-order valence-corrected chi connectivity index (χ0v) is 24.7. The quantitative estimate of drug-likeness (QED) is 0.198. The molecular formula is C41H34N2. The fourth-order valence-electron chi connectivity index (χ4n) is 7.03. The van der Waals surface area contributed by atoms with Crippen molar-refractivity contribution in [1.82, 2.24) is 9.55 Å². The molecule has 43 heavy (non-hydrogen) atoms. The van der Waals surface area contributed by atoms with Crippen LogP contribution in [0.25, 0.3) is 61.4 Å². The summed E-state index contributed by atoms with van der Waals surface area (Å²) < 4.78 is 2.38. The van der Waals surface area contributed by atoms with E-state index in [-0.39, 0.29) is 0 Å². The number of nitrogens with zero attached hydrogens (tertiary/aromatic N) is 2. The lowest BCUT2D eigenvalue weighted by Gasteiger charge is -2.21. The minimum absolute atomic E-state index is 0.486. The van der Waals surface area contributed by atoms with Crippen molar-refractivity contribution in [3.05, 3.63) is 144 Å². The van der Waals surface area contributed by atoms with E-state index in [0.29, 0.717) is 5.92 Å².